The van der Waals surface area contributed by atoms with Gasteiger partial charge in [0, 0.05) is 5.56 Å². The monoisotopic (exact) mass is 356 g/mol. The Bertz CT molecular complexity index is 1320. The number of aromatic hydroxyl groups is 1. The van der Waals surface area contributed by atoms with E-state index in [0.717, 1.165) is 22.3 Å². The molecule has 0 saturated carbocycles. The van der Waals surface area contributed by atoms with Crippen molar-refractivity contribution in [2.45, 2.75) is 13.8 Å². The molecule has 0 amide bonds. The number of benzene rings is 2. The lowest BCUT2D eigenvalue weighted by molar-refractivity contribution is 0.475. The minimum Gasteiger partial charge on any atom is -0.508 e. The molecule has 0 aliphatic heterocycles. The molecule has 7 heteroatoms. The first kappa shape index (κ1) is 15.5. The summed E-state index contributed by atoms with van der Waals surface area (Å²) in [6.45, 7) is 4.16. The normalized spacial score (nSPS) is 11.5. The van der Waals surface area contributed by atoms with Crippen LogP contribution in [0.15, 0.2) is 55.0 Å². The minimum atomic E-state index is 0.181. The summed E-state index contributed by atoms with van der Waals surface area (Å²) in [7, 11) is 0. The molecule has 7 nitrogen and oxygen atoms in total. The molecule has 3 heterocycles. The zero-order chi connectivity index (χ0) is 18.5. The van der Waals surface area contributed by atoms with Crippen LogP contribution in [0.4, 0.5) is 0 Å². The van der Waals surface area contributed by atoms with Gasteiger partial charge in [-0.25, -0.2) is 9.67 Å². The maximum absolute atomic E-state index is 9.74. The maximum Gasteiger partial charge on any atom is 0.175 e. The average Bonchev–Trinajstić information content (AvgIpc) is 3.27. The first-order valence-corrected chi connectivity index (χ1v) is 8.56. The van der Waals surface area contributed by atoms with Gasteiger partial charge in [-0.3, -0.25) is 4.40 Å². The molecule has 5 rings (SSSR count). The molecule has 0 bridgehead atoms. The SMILES string of the molecule is Cc1ccc(-n2ncc3c2ncn2c(-c4cccc(O)c4)nnc32)cc1C. The molecule has 0 unspecified atom stereocenters. The number of phenolic OH excluding ortho intramolecular Hbond substituents is 1. The number of phenols is 1. The van der Waals surface area contributed by atoms with Gasteiger partial charge >= 0.3 is 0 Å². The molecule has 2 aromatic carbocycles. The second-order valence-corrected chi connectivity index (χ2v) is 6.57. The Hall–Kier alpha value is -3.74. The van der Waals surface area contributed by atoms with Crippen molar-refractivity contribution in [1.82, 2.24) is 29.4 Å². The van der Waals surface area contributed by atoms with Gasteiger partial charge in [-0.1, -0.05) is 18.2 Å². The van der Waals surface area contributed by atoms with E-state index in [4.69, 9.17) is 0 Å². The van der Waals surface area contributed by atoms with Crippen LogP contribution in [-0.4, -0.2) is 34.5 Å². The van der Waals surface area contributed by atoms with E-state index in [1.807, 2.05) is 21.2 Å². The number of hydrogen-bond acceptors (Lipinski definition) is 5. The molecule has 0 spiro atoms. The van der Waals surface area contributed by atoms with Gasteiger partial charge in [0.05, 0.1) is 17.3 Å². The molecule has 27 heavy (non-hydrogen) atoms. The molecule has 3 aromatic heterocycles. The molecule has 5 aromatic rings. The number of aryl methyl sites for hydroxylation is 2. The van der Waals surface area contributed by atoms with Gasteiger partial charge in [0.15, 0.2) is 17.1 Å². The molecular formula is C20H16N6O. The Morgan fingerprint density at radius 1 is 0.926 bits per heavy atom. The molecule has 0 aliphatic carbocycles. The minimum absolute atomic E-state index is 0.181. The van der Waals surface area contributed by atoms with E-state index in [2.05, 4.69) is 46.3 Å². The van der Waals surface area contributed by atoms with Crippen LogP contribution in [0.5, 0.6) is 5.75 Å². The fourth-order valence-corrected chi connectivity index (χ4v) is 3.21. The second kappa shape index (κ2) is 5.63. The second-order valence-electron chi connectivity index (χ2n) is 6.57. The predicted octanol–water partition coefficient (Wildman–Crippen LogP) is 3.45. The van der Waals surface area contributed by atoms with Gasteiger partial charge < -0.3 is 5.11 Å². The van der Waals surface area contributed by atoms with Crippen molar-refractivity contribution < 1.29 is 5.11 Å². The van der Waals surface area contributed by atoms with Gasteiger partial charge in [0.2, 0.25) is 0 Å². The smallest absolute Gasteiger partial charge is 0.175 e. The molecule has 132 valence electrons. The highest BCUT2D eigenvalue weighted by Gasteiger charge is 2.15. The van der Waals surface area contributed by atoms with Crippen LogP contribution >= 0.6 is 0 Å². The highest BCUT2D eigenvalue weighted by Crippen LogP contribution is 2.26. The third-order valence-electron chi connectivity index (χ3n) is 4.82. The summed E-state index contributed by atoms with van der Waals surface area (Å²) < 4.78 is 3.62. The molecule has 0 saturated heterocycles. The fraction of sp³-hybridized carbons (Fsp3) is 0.100. The van der Waals surface area contributed by atoms with Crippen LogP contribution in [-0.2, 0) is 0 Å². The zero-order valence-electron chi connectivity index (χ0n) is 14.8. The van der Waals surface area contributed by atoms with Gasteiger partial charge in [-0.15, -0.1) is 10.2 Å². The van der Waals surface area contributed by atoms with E-state index in [1.54, 1.807) is 30.7 Å². The van der Waals surface area contributed by atoms with Crippen molar-refractivity contribution in [3.05, 3.63) is 66.1 Å². The first-order valence-electron chi connectivity index (χ1n) is 8.56. The number of rotatable bonds is 2. The van der Waals surface area contributed by atoms with E-state index in [0.29, 0.717) is 11.5 Å². The van der Waals surface area contributed by atoms with Crippen LogP contribution < -0.4 is 0 Å². The number of fused-ring (bicyclic) bond motifs is 3. The lowest BCUT2D eigenvalue weighted by Crippen LogP contribution is -2.00. The van der Waals surface area contributed by atoms with Gasteiger partial charge in [-0.05, 0) is 49.2 Å². The molecule has 0 aliphatic rings. The molecule has 0 radical (unpaired) electrons. The van der Waals surface area contributed by atoms with E-state index >= 15 is 0 Å². The van der Waals surface area contributed by atoms with E-state index in [1.165, 1.54) is 11.1 Å². The van der Waals surface area contributed by atoms with Crippen molar-refractivity contribution >= 4 is 16.7 Å². The van der Waals surface area contributed by atoms with Crippen LogP contribution in [0.1, 0.15) is 11.1 Å². The third-order valence-corrected chi connectivity index (χ3v) is 4.82. The Balaban J connectivity index is 1.71. The van der Waals surface area contributed by atoms with Gasteiger partial charge in [0.25, 0.3) is 0 Å². The molecule has 1 N–H and O–H groups in total. The van der Waals surface area contributed by atoms with E-state index in [-0.39, 0.29) is 5.75 Å². The molecule has 0 fully saturated rings. The van der Waals surface area contributed by atoms with Crippen LogP contribution in [0, 0.1) is 13.8 Å². The fourth-order valence-electron chi connectivity index (χ4n) is 3.21. The Morgan fingerprint density at radius 3 is 2.63 bits per heavy atom. The zero-order valence-corrected chi connectivity index (χ0v) is 14.8. The summed E-state index contributed by atoms with van der Waals surface area (Å²) in [5.41, 5.74) is 5.56. The van der Waals surface area contributed by atoms with E-state index < -0.39 is 0 Å². The first-order chi connectivity index (χ1) is 13.1. The summed E-state index contributed by atoms with van der Waals surface area (Å²) >= 11 is 0. The topological polar surface area (TPSA) is 81.1 Å². The summed E-state index contributed by atoms with van der Waals surface area (Å²) in [5, 5.41) is 23.7. The van der Waals surface area contributed by atoms with Crippen LogP contribution in [0.3, 0.4) is 0 Å². The highest BCUT2D eigenvalue weighted by atomic mass is 16.3. The average molecular weight is 356 g/mol. The van der Waals surface area contributed by atoms with Crippen molar-refractivity contribution in [2.75, 3.05) is 0 Å². The lowest BCUT2D eigenvalue weighted by atomic mass is 10.1. The number of hydrogen-bond donors (Lipinski definition) is 1. The highest BCUT2D eigenvalue weighted by molar-refractivity contribution is 5.90. The van der Waals surface area contributed by atoms with E-state index in [9.17, 15) is 5.11 Å². The number of aromatic nitrogens is 6. The predicted molar refractivity (Wildman–Crippen MR) is 102 cm³/mol. The summed E-state index contributed by atoms with van der Waals surface area (Å²) in [4.78, 5) is 4.60. The summed E-state index contributed by atoms with van der Waals surface area (Å²) in [6, 6.07) is 13.1. The maximum atomic E-state index is 9.74. The Kier molecular flexibility index (Phi) is 3.24. The van der Waals surface area contributed by atoms with Gasteiger partial charge in [-0.2, -0.15) is 5.10 Å². The standard InChI is InChI=1S/C20H16N6O/c1-12-6-7-15(8-13(12)2)26-19-17(10-22-26)20-24-23-18(25(20)11-21-19)14-4-3-5-16(27)9-14/h3-11,27H,1-2H3. The van der Waals surface area contributed by atoms with Crippen molar-refractivity contribution in [1.29, 1.82) is 0 Å². The van der Waals surface area contributed by atoms with Crippen molar-refractivity contribution in [3.63, 3.8) is 0 Å². The molecular weight excluding hydrogens is 340 g/mol. The van der Waals surface area contributed by atoms with Crippen molar-refractivity contribution in [2.24, 2.45) is 0 Å². The molecule has 0 atom stereocenters. The van der Waals surface area contributed by atoms with Crippen molar-refractivity contribution in [3.8, 4) is 22.8 Å². The largest absolute Gasteiger partial charge is 0.508 e. The van der Waals surface area contributed by atoms with Gasteiger partial charge in [0.1, 0.15) is 12.1 Å². The van der Waals surface area contributed by atoms with Crippen LogP contribution in [0.2, 0.25) is 0 Å². The number of nitrogens with zero attached hydrogens (tertiary/aromatic N) is 6. The van der Waals surface area contributed by atoms with Crippen LogP contribution in [0.25, 0.3) is 33.8 Å². The lowest BCUT2D eigenvalue weighted by Gasteiger charge is -2.06. The summed E-state index contributed by atoms with van der Waals surface area (Å²) in [5.74, 6) is 0.801. The Morgan fingerprint density at radius 2 is 1.81 bits per heavy atom. The quantitative estimate of drug-likeness (QED) is 0.524. The summed E-state index contributed by atoms with van der Waals surface area (Å²) in [6.07, 6.45) is 3.45. The Labute approximate surface area is 154 Å². The third kappa shape index (κ3) is 2.36.